The molecule has 0 bridgehead atoms. The molecule has 0 atom stereocenters. The van der Waals surface area contributed by atoms with Crippen LogP contribution in [0.4, 0.5) is 5.69 Å². The van der Waals surface area contributed by atoms with Gasteiger partial charge in [0.25, 0.3) is 5.91 Å². The lowest BCUT2D eigenvalue weighted by molar-refractivity contribution is -0.123. The molecule has 7 nitrogen and oxygen atoms in total. The van der Waals surface area contributed by atoms with Crippen molar-refractivity contribution in [2.45, 2.75) is 32.3 Å². The van der Waals surface area contributed by atoms with E-state index in [1.807, 2.05) is 48.6 Å². The van der Waals surface area contributed by atoms with E-state index in [-0.39, 0.29) is 19.7 Å². The molecule has 1 amide bonds. The van der Waals surface area contributed by atoms with Crippen molar-refractivity contribution in [1.29, 1.82) is 0 Å². The van der Waals surface area contributed by atoms with Crippen LogP contribution in [0.2, 0.25) is 25.7 Å². The zero-order valence-electron chi connectivity index (χ0n) is 20.0. The van der Waals surface area contributed by atoms with E-state index < -0.39 is 24.2 Å². The Kier molecular flexibility index (Phi) is 7.44. The van der Waals surface area contributed by atoms with E-state index in [9.17, 15) is 13.2 Å². The molecule has 10 heteroatoms. The van der Waals surface area contributed by atoms with Crippen LogP contribution >= 0.6 is 11.3 Å². The van der Waals surface area contributed by atoms with Crippen LogP contribution in [0.15, 0.2) is 60.2 Å². The lowest BCUT2D eigenvalue weighted by atomic mass is 10.1. The Morgan fingerprint density at radius 2 is 1.89 bits per heavy atom. The van der Waals surface area contributed by atoms with Gasteiger partial charge in [-0.1, -0.05) is 62.1 Å². The van der Waals surface area contributed by atoms with E-state index in [0.29, 0.717) is 17.5 Å². The number of ether oxygens (including phenoxy) is 1. The first-order chi connectivity index (χ1) is 16.6. The summed E-state index contributed by atoms with van der Waals surface area (Å²) in [4.78, 5) is 17.8. The van der Waals surface area contributed by atoms with E-state index in [2.05, 4.69) is 24.6 Å². The molecule has 0 aliphatic carbocycles. The summed E-state index contributed by atoms with van der Waals surface area (Å²) in [6.45, 7) is 6.73. The number of carbonyl (C=O) groups excluding carboxylic acids is 1. The van der Waals surface area contributed by atoms with Crippen molar-refractivity contribution in [3.8, 4) is 5.75 Å². The Morgan fingerprint density at radius 3 is 2.57 bits per heavy atom. The Morgan fingerprint density at radius 1 is 1.11 bits per heavy atom. The molecule has 1 aliphatic heterocycles. The third-order valence-electron chi connectivity index (χ3n) is 5.56. The molecule has 2 aromatic carbocycles. The smallest absolute Gasteiger partial charge is 0.329 e. The second kappa shape index (κ2) is 10.3. The summed E-state index contributed by atoms with van der Waals surface area (Å²) >= 11 is 1.53. The van der Waals surface area contributed by atoms with Crippen molar-refractivity contribution in [2.75, 3.05) is 17.4 Å². The third kappa shape index (κ3) is 6.19. The van der Waals surface area contributed by atoms with Gasteiger partial charge in [0, 0.05) is 25.7 Å². The molecule has 0 saturated carbocycles. The van der Waals surface area contributed by atoms with Gasteiger partial charge in [-0.2, -0.15) is 8.42 Å². The molecular formula is C25H29N3O4S2Si. The van der Waals surface area contributed by atoms with Gasteiger partial charge in [0.05, 0.1) is 11.2 Å². The SMILES string of the molecule is C[Si](C)(C)CCN1C(=O)CN(c2ccc(C=Cc3cncs3)cc2OCc2ccccc2)S1(=O)=O. The molecular weight excluding hydrogens is 499 g/mol. The normalized spacial score (nSPS) is 15.8. The van der Waals surface area contributed by atoms with E-state index in [1.54, 1.807) is 23.8 Å². The van der Waals surface area contributed by atoms with Gasteiger partial charge in [-0.25, -0.2) is 8.61 Å². The zero-order valence-corrected chi connectivity index (χ0v) is 22.7. The molecule has 3 aromatic rings. The predicted octanol–water partition coefficient (Wildman–Crippen LogP) is 5.12. The van der Waals surface area contributed by atoms with Crippen LogP contribution in [0.3, 0.4) is 0 Å². The number of nitrogens with zero attached hydrogens (tertiary/aromatic N) is 3. The van der Waals surface area contributed by atoms with Gasteiger partial charge in [0.2, 0.25) is 0 Å². The largest absolute Gasteiger partial charge is 0.487 e. The number of hydrogen-bond acceptors (Lipinski definition) is 6. The fraction of sp³-hybridized carbons (Fsp3) is 0.280. The number of amides is 1. The number of benzene rings is 2. The van der Waals surface area contributed by atoms with Crippen LogP contribution in [-0.4, -0.2) is 44.8 Å². The van der Waals surface area contributed by atoms with Gasteiger partial charge in [-0.15, -0.1) is 11.3 Å². The second-order valence-corrected chi connectivity index (χ2v) is 17.8. The van der Waals surface area contributed by atoms with Crippen molar-refractivity contribution in [2.24, 2.45) is 0 Å². The van der Waals surface area contributed by atoms with Gasteiger partial charge >= 0.3 is 10.2 Å². The number of carbonyl (C=O) groups is 1. The van der Waals surface area contributed by atoms with Gasteiger partial charge in [0.15, 0.2) is 0 Å². The lowest BCUT2D eigenvalue weighted by Gasteiger charge is -2.24. The highest BCUT2D eigenvalue weighted by Gasteiger charge is 2.43. The maximum Gasteiger partial charge on any atom is 0.329 e. The molecule has 4 rings (SSSR count). The monoisotopic (exact) mass is 527 g/mol. The van der Waals surface area contributed by atoms with Crippen LogP contribution in [0, 0.1) is 0 Å². The Bertz CT molecular complexity index is 1300. The van der Waals surface area contributed by atoms with Gasteiger partial charge < -0.3 is 4.74 Å². The molecule has 0 radical (unpaired) electrons. The molecule has 35 heavy (non-hydrogen) atoms. The van der Waals surface area contributed by atoms with Gasteiger partial charge in [-0.05, 0) is 35.4 Å². The lowest BCUT2D eigenvalue weighted by Crippen LogP contribution is -2.37. The minimum atomic E-state index is -3.98. The van der Waals surface area contributed by atoms with E-state index in [1.165, 1.54) is 11.3 Å². The molecule has 1 saturated heterocycles. The average Bonchev–Trinajstić information content (AvgIpc) is 3.41. The molecule has 2 heterocycles. The first-order valence-electron chi connectivity index (χ1n) is 11.3. The van der Waals surface area contributed by atoms with Crippen molar-refractivity contribution >= 4 is 53.4 Å². The first-order valence-corrected chi connectivity index (χ1v) is 17.3. The number of hydrogen-bond donors (Lipinski definition) is 0. The van der Waals surface area contributed by atoms with E-state index >= 15 is 0 Å². The molecule has 184 valence electrons. The summed E-state index contributed by atoms with van der Waals surface area (Å²) in [6.07, 6.45) is 5.65. The van der Waals surface area contributed by atoms with Crippen LogP contribution in [0.1, 0.15) is 16.0 Å². The summed E-state index contributed by atoms with van der Waals surface area (Å²) in [5, 5.41) is 0. The Labute approximate surface area is 211 Å². The number of thiazole rings is 1. The maximum absolute atomic E-state index is 13.4. The van der Waals surface area contributed by atoms with Crippen molar-refractivity contribution < 1.29 is 17.9 Å². The zero-order chi connectivity index (χ0) is 25.1. The molecule has 1 aromatic heterocycles. The second-order valence-electron chi connectivity index (χ2n) is 9.53. The summed E-state index contributed by atoms with van der Waals surface area (Å²) in [6, 6.07) is 15.7. The highest BCUT2D eigenvalue weighted by molar-refractivity contribution is 7.91. The fourth-order valence-electron chi connectivity index (χ4n) is 3.60. The average molecular weight is 528 g/mol. The minimum absolute atomic E-state index is 0.212. The minimum Gasteiger partial charge on any atom is -0.487 e. The topological polar surface area (TPSA) is 79.8 Å². The quantitative estimate of drug-likeness (QED) is 0.361. The van der Waals surface area contributed by atoms with Crippen molar-refractivity contribution in [3.05, 3.63) is 76.2 Å². The molecule has 0 N–H and O–H groups in total. The van der Waals surface area contributed by atoms with Gasteiger partial charge in [0.1, 0.15) is 18.9 Å². The molecule has 1 aliphatic rings. The highest BCUT2D eigenvalue weighted by Crippen LogP contribution is 2.36. The molecule has 0 spiro atoms. The summed E-state index contributed by atoms with van der Waals surface area (Å²) < 4.78 is 35.1. The van der Waals surface area contributed by atoms with E-state index in [4.69, 9.17) is 4.74 Å². The standard InChI is InChI=1S/C25H29N3O4S2Si/c1-35(2,3)14-13-27-25(29)17-28(34(27,30)31)23-12-10-20(9-11-22-16-26-19-33-22)15-24(23)32-18-21-7-5-4-6-8-21/h4-12,15-16,19H,13-14,17-18H2,1-3H3. The van der Waals surface area contributed by atoms with Crippen LogP contribution in [0.25, 0.3) is 12.2 Å². The van der Waals surface area contributed by atoms with Gasteiger partial charge in [-0.3, -0.25) is 9.78 Å². The fourth-order valence-corrected chi connectivity index (χ4v) is 6.71. The third-order valence-corrected chi connectivity index (χ3v) is 9.85. The molecule has 1 fully saturated rings. The molecule has 0 unspecified atom stereocenters. The Hall–Kier alpha value is -2.95. The number of aromatic nitrogens is 1. The maximum atomic E-state index is 13.4. The van der Waals surface area contributed by atoms with Crippen molar-refractivity contribution in [3.63, 3.8) is 0 Å². The van der Waals surface area contributed by atoms with Crippen LogP contribution in [-0.2, 0) is 21.6 Å². The number of rotatable bonds is 9. The first kappa shape index (κ1) is 25.1. The van der Waals surface area contributed by atoms with Crippen LogP contribution < -0.4 is 9.04 Å². The van der Waals surface area contributed by atoms with E-state index in [0.717, 1.165) is 24.6 Å². The summed E-state index contributed by atoms with van der Waals surface area (Å²) in [5.74, 6) is -0.00449. The summed E-state index contributed by atoms with van der Waals surface area (Å²) in [7, 11) is -5.52. The van der Waals surface area contributed by atoms with Crippen LogP contribution in [0.5, 0.6) is 5.75 Å². The number of anilines is 1. The highest BCUT2D eigenvalue weighted by atomic mass is 32.2. The Balaban J connectivity index is 1.65. The summed E-state index contributed by atoms with van der Waals surface area (Å²) in [5.41, 5.74) is 3.94. The van der Waals surface area contributed by atoms with Crippen molar-refractivity contribution in [1.82, 2.24) is 9.29 Å². The predicted molar refractivity (Wildman–Crippen MR) is 144 cm³/mol.